The molecule has 2 atom stereocenters. The fourth-order valence-electron chi connectivity index (χ4n) is 4.00. The number of urea groups is 1. The van der Waals surface area contributed by atoms with Crippen LogP contribution in [-0.2, 0) is 9.59 Å². The first kappa shape index (κ1) is 20.3. The van der Waals surface area contributed by atoms with Crippen LogP contribution in [0.25, 0.3) is 0 Å². The topological polar surface area (TPSA) is 78.5 Å². The first-order valence-corrected chi connectivity index (χ1v) is 10.0. The van der Waals surface area contributed by atoms with Gasteiger partial charge in [-0.05, 0) is 62.1 Å². The lowest BCUT2D eigenvalue weighted by atomic mass is 9.87. The van der Waals surface area contributed by atoms with Crippen LogP contribution in [-0.4, -0.2) is 41.4 Å². The molecule has 2 aliphatic rings. The minimum absolute atomic E-state index is 0.0251. The smallest absolute Gasteiger partial charge is 0.322 e. The highest BCUT2D eigenvalue weighted by molar-refractivity contribution is 6.07. The van der Waals surface area contributed by atoms with Gasteiger partial charge >= 0.3 is 6.03 Å². The molecule has 2 fully saturated rings. The Morgan fingerprint density at radius 1 is 1.36 bits per heavy atom. The summed E-state index contributed by atoms with van der Waals surface area (Å²) in [6.45, 7) is 5.09. The van der Waals surface area contributed by atoms with Gasteiger partial charge in [-0.25, -0.2) is 9.18 Å². The molecular formula is C21H28FN3O3. The minimum atomic E-state index is -0.930. The molecule has 4 amide bonds. The van der Waals surface area contributed by atoms with Gasteiger partial charge in [0, 0.05) is 19.5 Å². The van der Waals surface area contributed by atoms with E-state index in [0.29, 0.717) is 19.5 Å². The van der Waals surface area contributed by atoms with Crippen LogP contribution in [0.1, 0.15) is 57.4 Å². The van der Waals surface area contributed by atoms with Gasteiger partial charge in [0.15, 0.2) is 0 Å². The van der Waals surface area contributed by atoms with Gasteiger partial charge in [0.2, 0.25) is 5.91 Å². The van der Waals surface area contributed by atoms with Gasteiger partial charge in [0.1, 0.15) is 11.4 Å². The van der Waals surface area contributed by atoms with Gasteiger partial charge in [0.25, 0.3) is 5.91 Å². The van der Waals surface area contributed by atoms with E-state index in [1.165, 1.54) is 12.1 Å². The maximum absolute atomic E-state index is 13.4. The summed E-state index contributed by atoms with van der Waals surface area (Å²) in [5, 5.41) is 5.08. The normalized spacial score (nSPS) is 22.5. The average molecular weight is 389 g/mol. The molecule has 7 heteroatoms. The summed E-state index contributed by atoms with van der Waals surface area (Å²) < 4.78 is 13.4. The highest BCUT2D eigenvalue weighted by Crippen LogP contribution is 2.43. The summed E-state index contributed by atoms with van der Waals surface area (Å²) in [4.78, 5) is 38.4. The molecule has 1 aliphatic heterocycles. The molecular weight excluding hydrogens is 361 g/mol. The van der Waals surface area contributed by atoms with Crippen molar-refractivity contribution in [1.82, 2.24) is 15.5 Å². The number of carbonyl (C=O) groups is 3. The number of nitrogens with one attached hydrogen (secondary N) is 2. The van der Waals surface area contributed by atoms with Crippen molar-refractivity contribution >= 4 is 17.8 Å². The van der Waals surface area contributed by atoms with Crippen molar-refractivity contribution in [2.75, 3.05) is 13.1 Å². The molecule has 2 N–H and O–H groups in total. The second-order valence-corrected chi connectivity index (χ2v) is 7.87. The molecule has 1 aliphatic carbocycles. The van der Waals surface area contributed by atoms with Crippen molar-refractivity contribution in [3.63, 3.8) is 0 Å². The van der Waals surface area contributed by atoms with E-state index in [1.807, 2.05) is 19.9 Å². The van der Waals surface area contributed by atoms with Crippen molar-refractivity contribution in [3.8, 4) is 0 Å². The van der Waals surface area contributed by atoms with Crippen LogP contribution < -0.4 is 10.6 Å². The summed E-state index contributed by atoms with van der Waals surface area (Å²) in [5.74, 6) is -0.335. The minimum Gasteiger partial charge on any atom is -0.343 e. The van der Waals surface area contributed by atoms with E-state index >= 15 is 0 Å². The predicted octanol–water partition coefficient (Wildman–Crippen LogP) is 2.94. The summed E-state index contributed by atoms with van der Waals surface area (Å²) in [6.07, 6.45) is 3.06. The Hall–Kier alpha value is -2.44. The molecule has 1 heterocycles. The molecule has 3 rings (SSSR count). The number of benzene rings is 1. The van der Waals surface area contributed by atoms with Crippen LogP contribution in [0.2, 0.25) is 0 Å². The van der Waals surface area contributed by atoms with Crippen molar-refractivity contribution < 1.29 is 18.8 Å². The molecule has 152 valence electrons. The lowest BCUT2D eigenvalue weighted by molar-refractivity contribution is -0.132. The van der Waals surface area contributed by atoms with Crippen molar-refractivity contribution in [3.05, 3.63) is 35.6 Å². The van der Waals surface area contributed by atoms with E-state index in [4.69, 9.17) is 0 Å². The van der Waals surface area contributed by atoms with E-state index in [1.54, 1.807) is 11.0 Å². The first-order valence-electron chi connectivity index (χ1n) is 10.0. The zero-order valence-electron chi connectivity index (χ0n) is 16.5. The molecule has 1 saturated carbocycles. The number of hydrogen-bond acceptors (Lipinski definition) is 3. The van der Waals surface area contributed by atoms with E-state index in [-0.39, 0.29) is 35.9 Å². The van der Waals surface area contributed by atoms with Crippen LogP contribution >= 0.6 is 0 Å². The SMILES string of the molecule is CCN(CCC(C)c1cccc(F)c1)C(=O)CCC1(C2CC2)NC(=O)NC1=O. The molecule has 0 aromatic heterocycles. The van der Waals surface area contributed by atoms with E-state index in [2.05, 4.69) is 10.6 Å². The van der Waals surface area contributed by atoms with Gasteiger partial charge < -0.3 is 10.2 Å². The number of amides is 4. The summed E-state index contributed by atoms with van der Waals surface area (Å²) in [7, 11) is 0. The Kier molecular flexibility index (Phi) is 6.01. The number of hydrogen-bond donors (Lipinski definition) is 2. The third-order valence-corrected chi connectivity index (χ3v) is 5.96. The fraction of sp³-hybridized carbons (Fsp3) is 0.571. The molecule has 0 spiro atoms. The molecule has 0 radical (unpaired) electrons. The van der Waals surface area contributed by atoms with Crippen LogP contribution in [0.5, 0.6) is 0 Å². The predicted molar refractivity (Wildman–Crippen MR) is 103 cm³/mol. The average Bonchev–Trinajstić information content (AvgIpc) is 3.46. The number of rotatable bonds is 9. The van der Waals surface area contributed by atoms with Crippen LogP contribution in [0.4, 0.5) is 9.18 Å². The van der Waals surface area contributed by atoms with E-state index in [9.17, 15) is 18.8 Å². The van der Waals surface area contributed by atoms with Gasteiger partial charge in [0.05, 0.1) is 0 Å². The second-order valence-electron chi connectivity index (χ2n) is 7.87. The monoisotopic (exact) mass is 389 g/mol. The van der Waals surface area contributed by atoms with Crippen molar-refractivity contribution in [2.24, 2.45) is 5.92 Å². The summed E-state index contributed by atoms with van der Waals surface area (Å²) in [5.41, 5.74) is -0.0115. The zero-order chi connectivity index (χ0) is 20.3. The molecule has 1 saturated heterocycles. The Labute approximate surface area is 164 Å². The number of imide groups is 1. The highest BCUT2D eigenvalue weighted by Gasteiger charge is 2.55. The summed E-state index contributed by atoms with van der Waals surface area (Å²) >= 11 is 0. The van der Waals surface area contributed by atoms with Gasteiger partial charge in [-0.1, -0.05) is 19.1 Å². The maximum Gasteiger partial charge on any atom is 0.322 e. The van der Waals surface area contributed by atoms with E-state index < -0.39 is 11.6 Å². The number of halogens is 1. The quantitative estimate of drug-likeness (QED) is 0.638. The van der Waals surface area contributed by atoms with E-state index in [0.717, 1.165) is 24.8 Å². The molecule has 28 heavy (non-hydrogen) atoms. The van der Waals surface area contributed by atoms with Crippen LogP contribution in [0, 0.1) is 11.7 Å². The van der Waals surface area contributed by atoms with Crippen molar-refractivity contribution in [2.45, 2.75) is 57.4 Å². The largest absolute Gasteiger partial charge is 0.343 e. The number of carbonyl (C=O) groups excluding carboxylic acids is 3. The molecule has 0 bridgehead atoms. The molecule has 2 unspecified atom stereocenters. The zero-order valence-corrected chi connectivity index (χ0v) is 16.5. The van der Waals surface area contributed by atoms with Crippen LogP contribution in [0.15, 0.2) is 24.3 Å². The standard InChI is InChI=1S/C21H28FN3O3/c1-3-25(12-10-14(2)15-5-4-6-17(22)13-15)18(26)9-11-21(16-7-8-16)19(27)23-20(28)24-21/h4-6,13-14,16H,3,7-12H2,1-2H3,(H2,23,24,27,28). The Morgan fingerprint density at radius 3 is 2.68 bits per heavy atom. The Bertz CT molecular complexity index is 765. The number of nitrogens with zero attached hydrogens (tertiary/aromatic N) is 1. The lowest BCUT2D eigenvalue weighted by Crippen LogP contribution is -2.50. The second kappa shape index (κ2) is 8.29. The molecule has 6 nitrogen and oxygen atoms in total. The summed E-state index contributed by atoms with van der Waals surface area (Å²) in [6, 6.07) is 6.07. The van der Waals surface area contributed by atoms with Crippen LogP contribution in [0.3, 0.4) is 0 Å². The first-order chi connectivity index (χ1) is 13.4. The Balaban J connectivity index is 1.55. The lowest BCUT2D eigenvalue weighted by Gasteiger charge is -2.28. The fourth-order valence-corrected chi connectivity index (χ4v) is 4.00. The Morgan fingerprint density at radius 2 is 2.11 bits per heavy atom. The third kappa shape index (κ3) is 4.34. The molecule has 1 aromatic carbocycles. The van der Waals surface area contributed by atoms with Gasteiger partial charge in [-0.15, -0.1) is 0 Å². The highest BCUT2D eigenvalue weighted by atomic mass is 19.1. The third-order valence-electron chi connectivity index (χ3n) is 5.96. The maximum atomic E-state index is 13.4. The van der Waals surface area contributed by atoms with Gasteiger partial charge in [-0.3, -0.25) is 14.9 Å². The molecule has 1 aromatic rings. The van der Waals surface area contributed by atoms with Crippen molar-refractivity contribution in [1.29, 1.82) is 0 Å². The van der Waals surface area contributed by atoms with Gasteiger partial charge in [-0.2, -0.15) is 0 Å².